The standard InChI is InChI=1S/C23H29NO3/c1-4-5-6-15-27-22-20-16-24(14-13-18-9-7-17(2)8-10-18)23(25)19(20)11-12-21(22)26-3/h7-12,16,25H,4-6,13-15H2,1-3H3. The van der Waals surface area contributed by atoms with Crippen LogP contribution in [0.15, 0.2) is 42.6 Å². The number of fused-ring (bicyclic) bond motifs is 1. The van der Waals surface area contributed by atoms with Crippen LogP contribution in [0, 0.1) is 6.92 Å². The fraction of sp³-hybridized carbons (Fsp3) is 0.391. The number of aromatic hydroxyl groups is 1. The Balaban J connectivity index is 1.84. The van der Waals surface area contributed by atoms with Gasteiger partial charge in [0.15, 0.2) is 17.4 Å². The van der Waals surface area contributed by atoms with Crippen LogP contribution in [0.2, 0.25) is 0 Å². The van der Waals surface area contributed by atoms with Crippen LogP contribution in [0.3, 0.4) is 0 Å². The van der Waals surface area contributed by atoms with Crippen molar-refractivity contribution in [1.29, 1.82) is 0 Å². The second-order valence-electron chi connectivity index (χ2n) is 7.00. The number of nitrogens with zero attached hydrogens (tertiary/aromatic N) is 1. The zero-order valence-corrected chi connectivity index (χ0v) is 16.5. The zero-order chi connectivity index (χ0) is 19.2. The normalized spacial score (nSPS) is 11.1. The number of aryl methyl sites for hydroxylation is 3. The van der Waals surface area contributed by atoms with Crippen LogP contribution in [-0.4, -0.2) is 23.4 Å². The zero-order valence-electron chi connectivity index (χ0n) is 16.5. The van der Waals surface area contributed by atoms with Crippen molar-refractivity contribution in [2.75, 3.05) is 13.7 Å². The Hall–Kier alpha value is -2.62. The maximum Gasteiger partial charge on any atom is 0.199 e. The quantitative estimate of drug-likeness (QED) is 0.510. The number of unbranched alkanes of at least 4 members (excludes halogenated alkanes) is 2. The monoisotopic (exact) mass is 367 g/mol. The number of aromatic nitrogens is 1. The lowest BCUT2D eigenvalue weighted by molar-refractivity contribution is 0.289. The van der Waals surface area contributed by atoms with Crippen molar-refractivity contribution >= 4 is 10.8 Å². The van der Waals surface area contributed by atoms with Crippen molar-refractivity contribution in [3.05, 3.63) is 53.7 Å². The van der Waals surface area contributed by atoms with Crippen molar-refractivity contribution in [3.63, 3.8) is 0 Å². The Kier molecular flexibility index (Phi) is 6.28. The summed E-state index contributed by atoms with van der Waals surface area (Å²) in [6.45, 7) is 5.62. The van der Waals surface area contributed by atoms with Gasteiger partial charge in [0, 0.05) is 23.5 Å². The van der Waals surface area contributed by atoms with E-state index in [9.17, 15) is 5.11 Å². The number of benzene rings is 2. The molecule has 0 aliphatic carbocycles. The van der Waals surface area contributed by atoms with E-state index in [0.29, 0.717) is 18.9 Å². The molecule has 3 rings (SSSR count). The van der Waals surface area contributed by atoms with Crippen molar-refractivity contribution in [1.82, 2.24) is 4.57 Å². The second-order valence-corrected chi connectivity index (χ2v) is 7.00. The van der Waals surface area contributed by atoms with Crippen LogP contribution in [-0.2, 0) is 13.0 Å². The van der Waals surface area contributed by atoms with Gasteiger partial charge >= 0.3 is 0 Å². The molecular formula is C23H29NO3. The Morgan fingerprint density at radius 3 is 2.48 bits per heavy atom. The van der Waals surface area contributed by atoms with E-state index in [1.54, 1.807) is 7.11 Å². The highest BCUT2D eigenvalue weighted by Crippen LogP contribution is 2.40. The maximum absolute atomic E-state index is 10.7. The number of hydrogen-bond acceptors (Lipinski definition) is 3. The van der Waals surface area contributed by atoms with E-state index >= 15 is 0 Å². The smallest absolute Gasteiger partial charge is 0.199 e. The first kappa shape index (κ1) is 19.2. The number of methoxy groups -OCH3 is 1. The molecule has 0 bridgehead atoms. The van der Waals surface area contributed by atoms with E-state index in [4.69, 9.17) is 9.47 Å². The Morgan fingerprint density at radius 2 is 1.78 bits per heavy atom. The predicted octanol–water partition coefficient (Wildman–Crippen LogP) is 5.48. The lowest BCUT2D eigenvalue weighted by atomic mass is 10.1. The summed E-state index contributed by atoms with van der Waals surface area (Å²) in [4.78, 5) is 0. The first-order valence-electron chi connectivity index (χ1n) is 9.71. The molecule has 4 nitrogen and oxygen atoms in total. The van der Waals surface area contributed by atoms with E-state index in [-0.39, 0.29) is 5.88 Å². The minimum absolute atomic E-state index is 0.276. The fourth-order valence-corrected chi connectivity index (χ4v) is 3.29. The van der Waals surface area contributed by atoms with Gasteiger partial charge < -0.3 is 19.1 Å². The molecule has 2 aromatic carbocycles. The van der Waals surface area contributed by atoms with Gasteiger partial charge in [0.2, 0.25) is 0 Å². The van der Waals surface area contributed by atoms with Gasteiger partial charge in [-0.1, -0.05) is 49.6 Å². The van der Waals surface area contributed by atoms with Crippen molar-refractivity contribution < 1.29 is 14.6 Å². The summed E-state index contributed by atoms with van der Waals surface area (Å²) in [5.41, 5.74) is 2.51. The predicted molar refractivity (Wildman–Crippen MR) is 110 cm³/mol. The molecule has 1 aromatic heterocycles. The van der Waals surface area contributed by atoms with E-state index in [1.807, 2.05) is 22.9 Å². The molecule has 144 valence electrons. The lowest BCUT2D eigenvalue weighted by Crippen LogP contribution is -2.00. The summed E-state index contributed by atoms with van der Waals surface area (Å²) in [7, 11) is 1.65. The summed E-state index contributed by atoms with van der Waals surface area (Å²) in [5.74, 6) is 1.70. The topological polar surface area (TPSA) is 43.6 Å². The van der Waals surface area contributed by atoms with Crippen LogP contribution in [0.25, 0.3) is 10.8 Å². The fourth-order valence-electron chi connectivity index (χ4n) is 3.29. The average molecular weight is 367 g/mol. The number of ether oxygens (including phenoxy) is 2. The summed E-state index contributed by atoms with van der Waals surface area (Å²) in [5, 5.41) is 12.4. The lowest BCUT2D eigenvalue weighted by Gasteiger charge is -2.11. The molecule has 0 aliphatic rings. The van der Waals surface area contributed by atoms with Crippen LogP contribution in [0.4, 0.5) is 0 Å². The third kappa shape index (κ3) is 4.38. The minimum Gasteiger partial charge on any atom is -0.494 e. The highest BCUT2D eigenvalue weighted by molar-refractivity contribution is 5.94. The van der Waals surface area contributed by atoms with E-state index < -0.39 is 0 Å². The molecule has 3 aromatic rings. The maximum atomic E-state index is 10.7. The molecule has 0 unspecified atom stereocenters. The summed E-state index contributed by atoms with van der Waals surface area (Å²) < 4.78 is 13.4. The number of hydrogen-bond donors (Lipinski definition) is 1. The van der Waals surface area contributed by atoms with Gasteiger partial charge in [0.25, 0.3) is 0 Å². The van der Waals surface area contributed by atoms with Gasteiger partial charge in [-0.15, -0.1) is 0 Å². The molecular weight excluding hydrogens is 338 g/mol. The van der Waals surface area contributed by atoms with Gasteiger partial charge in [0.05, 0.1) is 13.7 Å². The van der Waals surface area contributed by atoms with E-state index in [0.717, 1.165) is 42.2 Å². The SMILES string of the molecule is CCCCCOc1c(OC)ccc2c(O)n(CCc3ccc(C)cc3)cc12. The van der Waals surface area contributed by atoms with Crippen molar-refractivity contribution in [2.24, 2.45) is 0 Å². The summed E-state index contributed by atoms with van der Waals surface area (Å²) in [6.07, 6.45) is 6.13. The Morgan fingerprint density at radius 1 is 1.00 bits per heavy atom. The molecule has 0 aliphatic heterocycles. The van der Waals surface area contributed by atoms with Gasteiger partial charge in [-0.25, -0.2) is 0 Å². The van der Waals surface area contributed by atoms with Gasteiger partial charge in [0.1, 0.15) is 0 Å². The van der Waals surface area contributed by atoms with E-state index in [2.05, 4.69) is 38.1 Å². The van der Waals surface area contributed by atoms with Gasteiger partial charge in [-0.05, 0) is 37.5 Å². The molecule has 27 heavy (non-hydrogen) atoms. The van der Waals surface area contributed by atoms with Crippen molar-refractivity contribution in [3.8, 4) is 17.4 Å². The molecule has 0 fully saturated rings. The third-order valence-electron chi connectivity index (χ3n) is 4.93. The molecule has 0 atom stereocenters. The molecule has 0 radical (unpaired) electrons. The highest BCUT2D eigenvalue weighted by atomic mass is 16.5. The van der Waals surface area contributed by atoms with E-state index in [1.165, 1.54) is 11.1 Å². The number of rotatable bonds is 9. The van der Waals surface area contributed by atoms with Crippen LogP contribution in [0.5, 0.6) is 17.4 Å². The molecule has 0 amide bonds. The molecule has 0 saturated carbocycles. The van der Waals surface area contributed by atoms with Crippen LogP contribution >= 0.6 is 0 Å². The molecule has 0 spiro atoms. The summed E-state index contributed by atoms with van der Waals surface area (Å²) in [6, 6.07) is 12.3. The van der Waals surface area contributed by atoms with Crippen molar-refractivity contribution in [2.45, 2.75) is 46.1 Å². The Labute approximate surface area is 161 Å². The van der Waals surface area contributed by atoms with Crippen LogP contribution in [0.1, 0.15) is 37.3 Å². The largest absolute Gasteiger partial charge is 0.494 e. The second kappa shape index (κ2) is 8.85. The Bertz CT molecular complexity index is 881. The average Bonchev–Trinajstić information content (AvgIpc) is 3.01. The van der Waals surface area contributed by atoms with Crippen LogP contribution < -0.4 is 9.47 Å². The highest BCUT2D eigenvalue weighted by Gasteiger charge is 2.16. The minimum atomic E-state index is 0.276. The molecule has 4 heteroatoms. The van der Waals surface area contributed by atoms with Gasteiger partial charge in [-0.2, -0.15) is 0 Å². The molecule has 1 N–H and O–H groups in total. The molecule has 1 heterocycles. The van der Waals surface area contributed by atoms with Gasteiger partial charge in [-0.3, -0.25) is 0 Å². The molecule has 0 saturated heterocycles. The third-order valence-corrected chi connectivity index (χ3v) is 4.93. The first-order valence-corrected chi connectivity index (χ1v) is 9.71. The first-order chi connectivity index (χ1) is 13.1. The summed E-state index contributed by atoms with van der Waals surface area (Å²) >= 11 is 0.